The van der Waals surface area contributed by atoms with Crippen molar-refractivity contribution in [2.45, 2.75) is 33.2 Å². The predicted molar refractivity (Wildman–Crippen MR) is 85.0 cm³/mol. The summed E-state index contributed by atoms with van der Waals surface area (Å²) < 4.78 is 0. The van der Waals surface area contributed by atoms with E-state index in [0.717, 1.165) is 18.7 Å². The number of rotatable bonds is 7. The van der Waals surface area contributed by atoms with E-state index >= 15 is 0 Å². The molecule has 0 saturated carbocycles. The lowest BCUT2D eigenvalue weighted by atomic mass is 10.2. The average Bonchev–Trinajstić information content (AvgIpc) is 2.42. The Balaban J connectivity index is 2.82. The molecule has 4 heteroatoms. The first-order chi connectivity index (χ1) is 9.45. The molecule has 1 rings (SSSR count). The second-order valence-corrected chi connectivity index (χ2v) is 5.50. The lowest BCUT2D eigenvalue weighted by Gasteiger charge is -2.29. The SMILES string of the molecule is Cc1cccc(N(CCCN)CC(=O)N(C)C(C)C)c1. The van der Waals surface area contributed by atoms with Crippen LogP contribution < -0.4 is 10.6 Å². The van der Waals surface area contributed by atoms with Gasteiger partial charge < -0.3 is 15.5 Å². The molecule has 1 amide bonds. The van der Waals surface area contributed by atoms with Gasteiger partial charge >= 0.3 is 0 Å². The monoisotopic (exact) mass is 277 g/mol. The first-order valence-corrected chi connectivity index (χ1v) is 7.23. The molecule has 0 spiro atoms. The van der Waals surface area contributed by atoms with Crippen molar-refractivity contribution < 1.29 is 4.79 Å². The zero-order valence-corrected chi connectivity index (χ0v) is 13.1. The van der Waals surface area contributed by atoms with E-state index in [-0.39, 0.29) is 11.9 Å². The minimum Gasteiger partial charge on any atom is -0.362 e. The fourth-order valence-electron chi connectivity index (χ4n) is 1.97. The van der Waals surface area contributed by atoms with Crippen LogP contribution in [0.1, 0.15) is 25.8 Å². The number of hydrogen-bond acceptors (Lipinski definition) is 3. The van der Waals surface area contributed by atoms with Gasteiger partial charge in [-0.3, -0.25) is 4.79 Å². The molecule has 0 aliphatic carbocycles. The van der Waals surface area contributed by atoms with E-state index in [9.17, 15) is 4.79 Å². The lowest BCUT2D eigenvalue weighted by molar-refractivity contribution is -0.129. The van der Waals surface area contributed by atoms with Gasteiger partial charge in [-0.2, -0.15) is 0 Å². The smallest absolute Gasteiger partial charge is 0.242 e. The summed E-state index contributed by atoms with van der Waals surface area (Å²) in [4.78, 5) is 16.2. The van der Waals surface area contributed by atoms with Gasteiger partial charge in [-0.25, -0.2) is 0 Å². The van der Waals surface area contributed by atoms with E-state index in [0.29, 0.717) is 13.1 Å². The molecule has 112 valence electrons. The Morgan fingerprint density at radius 1 is 1.35 bits per heavy atom. The highest BCUT2D eigenvalue weighted by atomic mass is 16.2. The number of likely N-dealkylation sites (N-methyl/N-ethyl adjacent to an activating group) is 1. The third-order valence-electron chi connectivity index (χ3n) is 3.49. The molecule has 2 N–H and O–H groups in total. The molecule has 4 nitrogen and oxygen atoms in total. The van der Waals surface area contributed by atoms with Gasteiger partial charge in [0.2, 0.25) is 5.91 Å². The number of amides is 1. The van der Waals surface area contributed by atoms with Gasteiger partial charge in [0.15, 0.2) is 0 Å². The summed E-state index contributed by atoms with van der Waals surface area (Å²) in [6.45, 7) is 7.95. The quantitative estimate of drug-likeness (QED) is 0.829. The van der Waals surface area contributed by atoms with Crippen LogP contribution in [0, 0.1) is 6.92 Å². The molecule has 0 bridgehead atoms. The molecular formula is C16H27N3O. The maximum atomic E-state index is 12.3. The highest BCUT2D eigenvalue weighted by molar-refractivity contribution is 5.81. The van der Waals surface area contributed by atoms with Gasteiger partial charge in [-0.05, 0) is 51.4 Å². The molecule has 20 heavy (non-hydrogen) atoms. The van der Waals surface area contributed by atoms with E-state index in [4.69, 9.17) is 5.73 Å². The highest BCUT2D eigenvalue weighted by Gasteiger charge is 2.16. The maximum absolute atomic E-state index is 12.3. The zero-order valence-electron chi connectivity index (χ0n) is 13.1. The summed E-state index contributed by atoms with van der Waals surface area (Å²) >= 11 is 0. The Labute approximate surface area is 122 Å². The molecule has 0 fully saturated rings. The third kappa shape index (κ3) is 4.85. The standard InChI is InChI=1S/C16H27N3O/c1-13(2)18(4)16(20)12-19(10-6-9-17)15-8-5-7-14(3)11-15/h5,7-8,11,13H,6,9-10,12,17H2,1-4H3. The molecule has 0 atom stereocenters. The van der Waals surface area contributed by atoms with Gasteiger partial charge in [-0.15, -0.1) is 0 Å². The predicted octanol–water partition coefficient (Wildman–Crippen LogP) is 2.02. The second kappa shape index (κ2) is 7.90. The molecule has 0 aliphatic rings. The molecule has 1 aromatic rings. The minimum absolute atomic E-state index is 0.138. The summed E-state index contributed by atoms with van der Waals surface area (Å²) in [6, 6.07) is 8.46. The first-order valence-electron chi connectivity index (χ1n) is 7.23. The van der Waals surface area contributed by atoms with Crippen LogP contribution >= 0.6 is 0 Å². The molecule has 0 aromatic heterocycles. The van der Waals surface area contributed by atoms with Crippen LogP contribution in [-0.2, 0) is 4.79 Å². The van der Waals surface area contributed by atoms with Crippen molar-refractivity contribution in [1.82, 2.24) is 4.90 Å². The minimum atomic E-state index is 0.138. The summed E-state index contributed by atoms with van der Waals surface area (Å²) in [5.41, 5.74) is 7.89. The Morgan fingerprint density at radius 2 is 2.05 bits per heavy atom. The number of nitrogens with zero attached hydrogens (tertiary/aromatic N) is 2. The molecule has 0 heterocycles. The van der Waals surface area contributed by atoms with Crippen LogP contribution in [0.3, 0.4) is 0 Å². The molecular weight excluding hydrogens is 250 g/mol. The van der Waals surface area contributed by atoms with Crippen LogP contribution in [0.4, 0.5) is 5.69 Å². The van der Waals surface area contributed by atoms with Crippen LogP contribution in [0.5, 0.6) is 0 Å². The Bertz CT molecular complexity index is 431. The summed E-state index contributed by atoms with van der Waals surface area (Å²) in [5.74, 6) is 0.138. The summed E-state index contributed by atoms with van der Waals surface area (Å²) in [7, 11) is 1.85. The normalized spacial score (nSPS) is 10.7. The van der Waals surface area contributed by atoms with Gasteiger partial charge in [0.1, 0.15) is 0 Å². The van der Waals surface area contributed by atoms with Crippen LogP contribution in [0.15, 0.2) is 24.3 Å². The van der Waals surface area contributed by atoms with Crippen molar-refractivity contribution in [2.24, 2.45) is 5.73 Å². The van der Waals surface area contributed by atoms with Gasteiger partial charge in [-0.1, -0.05) is 12.1 Å². The Morgan fingerprint density at radius 3 is 2.60 bits per heavy atom. The van der Waals surface area contributed by atoms with Crippen LogP contribution in [0.2, 0.25) is 0 Å². The highest BCUT2D eigenvalue weighted by Crippen LogP contribution is 2.16. The Hall–Kier alpha value is -1.55. The third-order valence-corrected chi connectivity index (χ3v) is 3.49. The molecule has 0 radical (unpaired) electrons. The number of nitrogens with two attached hydrogens (primary N) is 1. The van der Waals surface area contributed by atoms with E-state index in [1.165, 1.54) is 5.56 Å². The number of carbonyl (C=O) groups is 1. The van der Waals surface area contributed by atoms with E-state index in [2.05, 4.69) is 24.0 Å². The number of carbonyl (C=O) groups excluding carboxylic acids is 1. The van der Waals surface area contributed by atoms with Crippen molar-refractivity contribution in [2.75, 3.05) is 31.6 Å². The van der Waals surface area contributed by atoms with Crippen molar-refractivity contribution in [3.63, 3.8) is 0 Å². The van der Waals surface area contributed by atoms with Crippen molar-refractivity contribution in [1.29, 1.82) is 0 Å². The molecule has 1 aromatic carbocycles. The number of anilines is 1. The fraction of sp³-hybridized carbons (Fsp3) is 0.562. The van der Waals surface area contributed by atoms with Crippen LogP contribution in [0.25, 0.3) is 0 Å². The lowest BCUT2D eigenvalue weighted by Crippen LogP contribution is -2.42. The number of aryl methyl sites for hydroxylation is 1. The number of benzene rings is 1. The van der Waals surface area contributed by atoms with Gasteiger partial charge in [0.05, 0.1) is 6.54 Å². The summed E-state index contributed by atoms with van der Waals surface area (Å²) in [5, 5.41) is 0. The second-order valence-electron chi connectivity index (χ2n) is 5.50. The maximum Gasteiger partial charge on any atom is 0.242 e. The molecule has 0 unspecified atom stereocenters. The van der Waals surface area contributed by atoms with E-state index in [1.807, 2.05) is 33.0 Å². The van der Waals surface area contributed by atoms with Gasteiger partial charge in [0, 0.05) is 25.3 Å². The topological polar surface area (TPSA) is 49.6 Å². The average molecular weight is 277 g/mol. The van der Waals surface area contributed by atoms with Crippen molar-refractivity contribution in [3.05, 3.63) is 29.8 Å². The zero-order chi connectivity index (χ0) is 15.1. The van der Waals surface area contributed by atoms with Crippen molar-refractivity contribution >= 4 is 11.6 Å². The van der Waals surface area contributed by atoms with E-state index in [1.54, 1.807) is 4.90 Å². The molecule has 0 aliphatic heterocycles. The Kier molecular flexibility index (Phi) is 6.52. The summed E-state index contributed by atoms with van der Waals surface area (Å²) in [6.07, 6.45) is 0.882. The molecule has 0 saturated heterocycles. The largest absolute Gasteiger partial charge is 0.362 e. The first kappa shape index (κ1) is 16.5. The fourth-order valence-corrected chi connectivity index (χ4v) is 1.97. The van der Waals surface area contributed by atoms with Crippen molar-refractivity contribution in [3.8, 4) is 0 Å². The van der Waals surface area contributed by atoms with Gasteiger partial charge in [0.25, 0.3) is 0 Å². The van der Waals surface area contributed by atoms with E-state index < -0.39 is 0 Å². The number of hydrogen-bond donors (Lipinski definition) is 1. The van der Waals surface area contributed by atoms with Crippen LogP contribution in [-0.4, -0.2) is 43.5 Å².